The van der Waals surface area contributed by atoms with E-state index in [1.165, 1.54) is 59.7 Å². The van der Waals surface area contributed by atoms with Gasteiger partial charge in [0.15, 0.2) is 5.82 Å². The second-order valence-corrected chi connectivity index (χ2v) is 14.2. The molecular weight excluding hydrogens is 667 g/mol. The van der Waals surface area contributed by atoms with E-state index in [0.717, 1.165) is 39.3 Å². The number of hydrogen-bond donors (Lipinski definition) is 0. The standard InChI is InChI=1S/C52H33N3/c1-3-16-35(17-4-1)52-53-45(33-46(54-52)51-43-24-10-8-18-36(43)32-39-30-29-34-15-7-9-23-41(34)49(39)51)38-20-13-19-37(31-38)42-26-14-28-48-50(42)44-25-11-12-27-47(44)55(48)40-21-5-2-6-22-40/h1-33H. The molecule has 3 nitrogen and oxygen atoms in total. The summed E-state index contributed by atoms with van der Waals surface area (Å²) in [6.45, 7) is 0. The number of rotatable bonds is 5. The van der Waals surface area contributed by atoms with Crippen molar-refractivity contribution in [3.63, 3.8) is 0 Å². The number of nitrogens with zero attached hydrogens (tertiary/aromatic N) is 3. The van der Waals surface area contributed by atoms with Crippen LogP contribution in [0.1, 0.15) is 0 Å². The maximum atomic E-state index is 5.38. The Morgan fingerprint density at radius 2 is 0.964 bits per heavy atom. The van der Waals surface area contributed by atoms with Gasteiger partial charge in [-0.05, 0) is 85.9 Å². The molecule has 3 heteroatoms. The normalized spacial score (nSPS) is 11.6. The molecule has 2 aromatic heterocycles. The summed E-state index contributed by atoms with van der Waals surface area (Å²) in [6, 6.07) is 71.5. The van der Waals surface area contributed by atoms with Gasteiger partial charge in [0.2, 0.25) is 0 Å². The van der Waals surface area contributed by atoms with Gasteiger partial charge >= 0.3 is 0 Å². The molecule has 2 heterocycles. The number of benzene rings is 9. The summed E-state index contributed by atoms with van der Waals surface area (Å²) < 4.78 is 2.37. The lowest BCUT2D eigenvalue weighted by atomic mass is 9.90. The Morgan fingerprint density at radius 3 is 1.82 bits per heavy atom. The molecule has 11 aromatic rings. The van der Waals surface area contributed by atoms with Crippen LogP contribution in [0.5, 0.6) is 0 Å². The fourth-order valence-corrected chi connectivity index (χ4v) is 8.51. The molecule has 0 fully saturated rings. The molecule has 0 unspecified atom stereocenters. The van der Waals surface area contributed by atoms with Crippen molar-refractivity contribution in [2.24, 2.45) is 0 Å². The largest absolute Gasteiger partial charge is 0.309 e. The minimum atomic E-state index is 0.702. The van der Waals surface area contributed by atoms with Gasteiger partial charge in [0, 0.05) is 33.2 Å². The minimum Gasteiger partial charge on any atom is -0.309 e. The summed E-state index contributed by atoms with van der Waals surface area (Å²) in [5.41, 5.74) is 10.8. The second kappa shape index (κ2) is 12.6. The molecule has 0 N–H and O–H groups in total. The molecule has 256 valence electrons. The van der Waals surface area contributed by atoms with Crippen LogP contribution in [-0.4, -0.2) is 14.5 Å². The van der Waals surface area contributed by atoms with Gasteiger partial charge in [-0.15, -0.1) is 0 Å². The molecule has 0 spiro atoms. The molecule has 0 saturated heterocycles. The van der Waals surface area contributed by atoms with Gasteiger partial charge in [0.25, 0.3) is 0 Å². The predicted octanol–water partition coefficient (Wildman–Crippen LogP) is 13.7. The lowest BCUT2D eigenvalue weighted by Gasteiger charge is -2.16. The lowest BCUT2D eigenvalue weighted by Crippen LogP contribution is -1.97. The summed E-state index contributed by atoms with van der Waals surface area (Å²) in [4.78, 5) is 10.7. The average molecular weight is 700 g/mol. The second-order valence-electron chi connectivity index (χ2n) is 14.2. The van der Waals surface area contributed by atoms with E-state index < -0.39 is 0 Å². The molecule has 0 aliphatic heterocycles. The molecule has 11 rings (SSSR count). The zero-order chi connectivity index (χ0) is 36.3. The molecule has 55 heavy (non-hydrogen) atoms. The van der Waals surface area contributed by atoms with Crippen molar-refractivity contribution in [1.82, 2.24) is 14.5 Å². The van der Waals surface area contributed by atoms with E-state index in [0.29, 0.717) is 5.82 Å². The van der Waals surface area contributed by atoms with E-state index in [2.05, 4.69) is 199 Å². The van der Waals surface area contributed by atoms with E-state index in [1.807, 2.05) is 6.07 Å². The van der Waals surface area contributed by atoms with Crippen LogP contribution in [0.3, 0.4) is 0 Å². The summed E-state index contributed by atoms with van der Waals surface area (Å²) in [5, 5.41) is 9.65. The summed E-state index contributed by atoms with van der Waals surface area (Å²) in [5.74, 6) is 0.702. The molecule has 0 amide bonds. The average Bonchev–Trinajstić information content (AvgIpc) is 3.60. The Hall–Kier alpha value is -7.36. The first-order valence-corrected chi connectivity index (χ1v) is 18.7. The highest BCUT2D eigenvalue weighted by atomic mass is 15.0. The van der Waals surface area contributed by atoms with Crippen molar-refractivity contribution in [3.05, 3.63) is 200 Å². The maximum absolute atomic E-state index is 5.38. The number of hydrogen-bond acceptors (Lipinski definition) is 2. The minimum absolute atomic E-state index is 0.702. The van der Waals surface area contributed by atoms with E-state index in [1.54, 1.807) is 0 Å². The van der Waals surface area contributed by atoms with Crippen LogP contribution in [-0.2, 0) is 0 Å². The maximum Gasteiger partial charge on any atom is 0.160 e. The third-order valence-corrected chi connectivity index (χ3v) is 10.9. The Kier molecular flexibility index (Phi) is 7.17. The van der Waals surface area contributed by atoms with Gasteiger partial charge in [-0.3, -0.25) is 0 Å². The summed E-state index contributed by atoms with van der Waals surface area (Å²) in [6.07, 6.45) is 0. The topological polar surface area (TPSA) is 30.7 Å². The molecular formula is C52H33N3. The summed E-state index contributed by atoms with van der Waals surface area (Å²) >= 11 is 0. The Balaban J connectivity index is 1.17. The Bertz CT molecular complexity index is 3250. The van der Waals surface area contributed by atoms with Crippen LogP contribution in [0.2, 0.25) is 0 Å². The first-order chi connectivity index (χ1) is 27.3. The molecule has 0 aliphatic carbocycles. The smallest absolute Gasteiger partial charge is 0.160 e. The number of fused-ring (bicyclic) bond motifs is 7. The van der Waals surface area contributed by atoms with Gasteiger partial charge in [-0.2, -0.15) is 0 Å². The van der Waals surface area contributed by atoms with Crippen molar-refractivity contribution in [1.29, 1.82) is 0 Å². The van der Waals surface area contributed by atoms with Crippen molar-refractivity contribution < 1.29 is 0 Å². The van der Waals surface area contributed by atoms with E-state index in [-0.39, 0.29) is 0 Å². The van der Waals surface area contributed by atoms with Gasteiger partial charge < -0.3 is 4.57 Å². The van der Waals surface area contributed by atoms with Crippen LogP contribution in [0.25, 0.3) is 105 Å². The monoisotopic (exact) mass is 699 g/mol. The quantitative estimate of drug-likeness (QED) is 0.132. The molecule has 0 bridgehead atoms. The van der Waals surface area contributed by atoms with Gasteiger partial charge in [0.1, 0.15) is 0 Å². The number of para-hydroxylation sites is 2. The van der Waals surface area contributed by atoms with E-state index >= 15 is 0 Å². The third kappa shape index (κ3) is 5.13. The predicted molar refractivity (Wildman–Crippen MR) is 231 cm³/mol. The molecule has 0 saturated carbocycles. The first kappa shape index (κ1) is 31.2. The Labute approximate surface area is 318 Å². The van der Waals surface area contributed by atoms with Crippen LogP contribution in [0, 0.1) is 0 Å². The number of aromatic nitrogens is 3. The fraction of sp³-hybridized carbons (Fsp3) is 0. The van der Waals surface area contributed by atoms with Crippen molar-refractivity contribution in [2.45, 2.75) is 0 Å². The zero-order valence-electron chi connectivity index (χ0n) is 29.9. The van der Waals surface area contributed by atoms with Gasteiger partial charge in [-0.1, -0.05) is 158 Å². The SMILES string of the molecule is c1ccc(-c2nc(-c3cccc(-c4cccc5c4c4ccccc4n5-c4ccccc4)c3)cc(-c3c4ccccc4cc4ccc5ccccc5c34)n2)cc1. The third-order valence-electron chi connectivity index (χ3n) is 10.9. The van der Waals surface area contributed by atoms with Crippen molar-refractivity contribution >= 4 is 54.1 Å². The van der Waals surface area contributed by atoms with Crippen LogP contribution >= 0.6 is 0 Å². The molecule has 0 atom stereocenters. The van der Waals surface area contributed by atoms with Gasteiger partial charge in [-0.25, -0.2) is 9.97 Å². The molecule has 0 aliphatic rings. The van der Waals surface area contributed by atoms with Crippen molar-refractivity contribution in [2.75, 3.05) is 0 Å². The van der Waals surface area contributed by atoms with Crippen LogP contribution in [0.4, 0.5) is 0 Å². The highest BCUT2D eigenvalue weighted by molar-refractivity contribution is 6.22. The van der Waals surface area contributed by atoms with Crippen LogP contribution < -0.4 is 0 Å². The highest BCUT2D eigenvalue weighted by Crippen LogP contribution is 2.42. The summed E-state index contributed by atoms with van der Waals surface area (Å²) in [7, 11) is 0. The van der Waals surface area contributed by atoms with E-state index in [9.17, 15) is 0 Å². The fourth-order valence-electron chi connectivity index (χ4n) is 8.51. The molecule has 0 radical (unpaired) electrons. The van der Waals surface area contributed by atoms with Crippen molar-refractivity contribution in [3.8, 4) is 50.7 Å². The molecule has 9 aromatic carbocycles. The van der Waals surface area contributed by atoms with E-state index in [4.69, 9.17) is 9.97 Å². The Morgan fingerprint density at radius 1 is 0.345 bits per heavy atom. The van der Waals surface area contributed by atoms with Gasteiger partial charge in [0.05, 0.1) is 22.4 Å². The van der Waals surface area contributed by atoms with Crippen LogP contribution in [0.15, 0.2) is 200 Å². The lowest BCUT2D eigenvalue weighted by molar-refractivity contribution is 1.18. The first-order valence-electron chi connectivity index (χ1n) is 18.7. The zero-order valence-corrected chi connectivity index (χ0v) is 29.9. The highest BCUT2D eigenvalue weighted by Gasteiger charge is 2.19.